The van der Waals surface area contributed by atoms with Gasteiger partial charge < -0.3 is 15.1 Å². The molecule has 3 rings (SSSR count). The van der Waals surface area contributed by atoms with Crippen molar-refractivity contribution in [2.75, 3.05) is 37.6 Å². The molecule has 1 unspecified atom stereocenters. The van der Waals surface area contributed by atoms with E-state index in [2.05, 4.69) is 48.5 Å². The summed E-state index contributed by atoms with van der Waals surface area (Å²) in [6.45, 7) is 7.51. The number of carbonyl (C=O) groups excluding carboxylic acids is 1. The molecule has 1 aromatic heterocycles. The number of benzene rings is 1. The quantitative estimate of drug-likeness (QED) is 0.615. The second-order valence-corrected chi connectivity index (χ2v) is 7.18. The normalized spacial score (nSPS) is 16.4. The summed E-state index contributed by atoms with van der Waals surface area (Å²) in [6, 6.07) is 10.5. The fraction of sp³-hybridized carbons (Fsp3) is 0.476. The molecule has 2 aromatic rings. The number of amides is 1. The number of carbonyl (C=O) groups is 1. The first-order chi connectivity index (χ1) is 13.6. The summed E-state index contributed by atoms with van der Waals surface area (Å²) >= 11 is 0. The van der Waals surface area contributed by atoms with Crippen LogP contribution >= 0.6 is 0 Å². The SMILES string of the molecule is CCNC(=NCCC(C)c1ccccc1)N1CCN(c2cnn(C)c2)C(=O)C1. The third kappa shape index (κ3) is 4.91. The second kappa shape index (κ2) is 9.39. The number of aromatic nitrogens is 2. The second-order valence-electron chi connectivity index (χ2n) is 7.18. The average molecular weight is 383 g/mol. The smallest absolute Gasteiger partial charge is 0.246 e. The molecular formula is C21H30N6O. The Morgan fingerprint density at radius 1 is 1.29 bits per heavy atom. The van der Waals surface area contributed by atoms with Crippen LogP contribution in [0.1, 0.15) is 31.7 Å². The third-order valence-corrected chi connectivity index (χ3v) is 5.05. The molecule has 28 heavy (non-hydrogen) atoms. The maximum atomic E-state index is 12.7. The van der Waals surface area contributed by atoms with Gasteiger partial charge in [-0.3, -0.25) is 14.5 Å². The first-order valence-corrected chi connectivity index (χ1v) is 9.95. The molecule has 150 valence electrons. The number of piperazine rings is 1. The summed E-state index contributed by atoms with van der Waals surface area (Å²) in [4.78, 5) is 21.3. The van der Waals surface area contributed by atoms with Crippen LogP contribution in [0.25, 0.3) is 0 Å². The first-order valence-electron chi connectivity index (χ1n) is 9.95. The number of hydrogen-bond donors (Lipinski definition) is 1. The van der Waals surface area contributed by atoms with E-state index < -0.39 is 0 Å². The summed E-state index contributed by atoms with van der Waals surface area (Å²) in [5, 5.41) is 7.50. The Morgan fingerprint density at radius 3 is 2.71 bits per heavy atom. The highest BCUT2D eigenvalue weighted by molar-refractivity contribution is 5.98. The van der Waals surface area contributed by atoms with Gasteiger partial charge in [0.15, 0.2) is 5.96 Å². The Morgan fingerprint density at radius 2 is 2.07 bits per heavy atom. The van der Waals surface area contributed by atoms with Crippen molar-refractivity contribution < 1.29 is 4.79 Å². The Kier molecular flexibility index (Phi) is 6.68. The zero-order chi connectivity index (χ0) is 19.9. The molecule has 1 aromatic carbocycles. The third-order valence-electron chi connectivity index (χ3n) is 5.05. The van der Waals surface area contributed by atoms with Crippen LogP contribution in [0, 0.1) is 0 Å². The lowest BCUT2D eigenvalue weighted by molar-refractivity contribution is -0.120. The molecule has 7 nitrogen and oxygen atoms in total. The van der Waals surface area contributed by atoms with E-state index in [1.165, 1.54) is 5.56 Å². The monoisotopic (exact) mass is 382 g/mol. The highest BCUT2D eigenvalue weighted by atomic mass is 16.2. The number of nitrogens with zero attached hydrogens (tertiary/aromatic N) is 5. The molecule has 0 radical (unpaired) electrons. The standard InChI is InChI=1S/C21H30N6O/c1-4-22-21(23-11-10-17(2)18-8-6-5-7-9-18)26-12-13-27(20(28)16-26)19-14-24-25(3)15-19/h5-9,14-15,17H,4,10-13,16H2,1-3H3,(H,22,23). The number of hydrogen-bond acceptors (Lipinski definition) is 3. The van der Waals surface area contributed by atoms with Crippen LogP contribution in [0.2, 0.25) is 0 Å². The zero-order valence-electron chi connectivity index (χ0n) is 17.0. The van der Waals surface area contributed by atoms with Crippen LogP contribution in [0.5, 0.6) is 0 Å². The largest absolute Gasteiger partial charge is 0.357 e. The highest BCUT2D eigenvalue weighted by Crippen LogP contribution is 2.19. The van der Waals surface area contributed by atoms with Crippen LogP contribution in [-0.2, 0) is 11.8 Å². The number of nitrogens with one attached hydrogen (secondary N) is 1. The van der Waals surface area contributed by atoms with Gasteiger partial charge in [-0.2, -0.15) is 5.10 Å². The Bertz CT molecular complexity index is 800. The van der Waals surface area contributed by atoms with Crippen LogP contribution in [0.4, 0.5) is 5.69 Å². The average Bonchev–Trinajstić information content (AvgIpc) is 3.13. The van der Waals surface area contributed by atoms with Gasteiger partial charge in [-0.25, -0.2) is 0 Å². The zero-order valence-corrected chi connectivity index (χ0v) is 17.0. The molecule has 1 N–H and O–H groups in total. The van der Waals surface area contributed by atoms with Crippen LogP contribution in [0.15, 0.2) is 47.7 Å². The summed E-state index contributed by atoms with van der Waals surface area (Å²) in [5.74, 6) is 1.35. The maximum Gasteiger partial charge on any atom is 0.246 e. The van der Waals surface area contributed by atoms with E-state index in [0.717, 1.165) is 37.7 Å². The van der Waals surface area contributed by atoms with Gasteiger partial charge in [0, 0.05) is 39.4 Å². The van der Waals surface area contributed by atoms with Gasteiger partial charge in [0.25, 0.3) is 0 Å². The molecule has 1 amide bonds. The predicted molar refractivity (Wildman–Crippen MR) is 113 cm³/mol. The molecule has 0 saturated carbocycles. The molecule has 1 aliphatic heterocycles. The van der Waals surface area contributed by atoms with Crippen LogP contribution in [-0.4, -0.2) is 59.3 Å². The van der Waals surface area contributed by atoms with E-state index in [1.807, 2.05) is 24.2 Å². The van der Waals surface area contributed by atoms with E-state index >= 15 is 0 Å². The lowest BCUT2D eigenvalue weighted by atomic mass is 9.98. The van der Waals surface area contributed by atoms with Gasteiger partial charge in [-0.05, 0) is 24.8 Å². The van der Waals surface area contributed by atoms with Gasteiger partial charge >= 0.3 is 0 Å². The number of rotatable bonds is 6. The number of guanidine groups is 1. The van der Waals surface area contributed by atoms with Crippen molar-refractivity contribution in [1.29, 1.82) is 0 Å². The van der Waals surface area contributed by atoms with Crippen molar-refractivity contribution >= 4 is 17.6 Å². The van der Waals surface area contributed by atoms with E-state index in [-0.39, 0.29) is 5.91 Å². The molecule has 1 aliphatic rings. The van der Waals surface area contributed by atoms with Crippen molar-refractivity contribution in [2.24, 2.45) is 12.0 Å². The molecule has 1 fully saturated rings. The van der Waals surface area contributed by atoms with Crippen LogP contribution in [0.3, 0.4) is 0 Å². The minimum atomic E-state index is 0.0718. The number of anilines is 1. The minimum Gasteiger partial charge on any atom is -0.357 e. The van der Waals surface area contributed by atoms with Gasteiger partial charge in [0.1, 0.15) is 6.54 Å². The van der Waals surface area contributed by atoms with Gasteiger partial charge in [-0.1, -0.05) is 37.3 Å². The van der Waals surface area contributed by atoms with Gasteiger partial charge in [-0.15, -0.1) is 0 Å². The summed E-state index contributed by atoms with van der Waals surface area (Å²) in [7, 11) is 1.86. The molecule has 0 spiro atoms. The fourth-order valence-corrected chi connectivity index (χ4v) is 3.41. The highest BCUT2D eigenvalue weighted by Gasteiger charge is 2.27. The molecular weight excluding hydrogens is 352 g/mol. The topological polar surface area (TPSA) is 65.8 Å². The van der Waals surface area contributed by atoms with E-state index in [0.29, 0.717) is 19.0 Å². The van der Waals surface area contributed by atoms with Crippen LogP contribution < -0.4 is 10.2 Å². The maximum absolute atomic E-state index is 12.7. The Labute approximate surface area is 167 Å². The Hall–Kier alpha value is -2.83. The molecule has 0 aliphatic carbocycles. The molecule has 2 heterocycles. The van der Waals surface area contributed by atoms with E-state index in [9.17, 15) is 4.79 Å². The molecule has 1 atom stereocenters. The number of aryl methyl sites for hydroxylation is 1. The minimum absolute atomic E-state index is 0.0718. The van der Waals surface area contributed by atoms with Gasteiger partial charge in [0.05, 0.1) is 11.9 Å². The Balaban J connectivity index is 1.59. The lowest BCUT2D eigenvalue weighted by Gasteiger charge is -2.35. The molecule has 1 saturated heterocycles. The predicted octanol–water partition coefficient (Wildman–Crippen LogP) is 2.23. The van der Waals surface area contributed by atoms with Crippen molar-refractivity contribution in [2.45, 2.75) is 26.2 Å². The van der Waals surface area contributed by atoms with Crippen molar-refractivity contribution in [3.63, 3.8) is 0 Å². The van der Waals surface area contributed by atoms with Crippen molar-refractivity contribution in [1.82, 2.24) is 20.0 Å². The molecule has 0 bridgehead atoms. The fourth-order valence-electron chi connectivity index (χ4n) is 3.41. The number of aliphatic imine (C=N–C) groups is 1. The van der Waals surface area contributed by atoms with Gasteiger partial charge in [0.2, 0.25) is 5.91 Å². The van der Waals surface area contributed by atoms with Crippen molar-refractivity contribution in [3.8, 4) is 0 Å². The summed E-state index contributed by atoms with van der Waals surface area (Å²) < 4.78 is 1.72. The molecule has 7 heteroatoms. The summed E-state index contributed by atoms with van der Waals surface area (Å²) in [5.41, 5.74) is 2.19. The lowest BCUT2D eigenvalue weighted by Crippen LogP contribution is -2.55. The van der Waals surface area contributed by atoms with E-state index in [4.69, 9.17) is 4.99 Å². The summed E-state index contributed by atoms with van der Waals surface area (Å²) in [6.07, 6.45) is 4.58. The first kappa shape index (κ1) is 19.9. The van der Waals surface area contributed by atoms with Crippen molar-refractivity contribution in [3.05, 3.63) is 48.3 Å². The van der Waals surface area contributed by atoms with E-state index in [1.54, 1.807) is 15.8 Å².